The molecular weight excluding hydrogens is 186 g/mol. The maximum atomic E-state index is 10.2. The van der Waals surface area contributed by atoms with E-state index in [2.05, 4.69) is 19.2 Å². The van der Waals surface area contributed by atoms with Gasteiger partial charge in [0, 0.05) is 12.6 Å². The van der Waals surface area contributed by atoms with Crippen LogP contribution in [-0.2, 0) is 0 Å². The summed E-state index contributed by atoms with van der Waals surface area (Å²) in [5.74, 6) is 0.563. The third kappa shape index (κ3) is 5.53. The van der Waals surface area contributed by atoms with Gasteiger partial charge in [0.2, 0.25) is 0 Å². The van der Waals surface area contributed by atoms with Crippen molar-refractivity contribution in [2.75, 3.05) is 6.54 Å². The molecule has 1 aliphatic rings. The van der Waals surface area contributed by atoms with Gasteiger partial charge in [0.15, 0.2) is 0 Å². The van der Waals surface area contributed by atoms with E-state index in [9.17, 15) is 5.11 Å². The fourth-order valence-corrected chi connectivity index (χ4v) is 2.62. The summed E-state index contributed by atoms with van der Waals surface area (Å²) in [6.45, 7) is 7.02. The van der Waals surface area contributed by atoms with E-state index in [1.807, 2.05) is 6.92 Å². The maximum Gasteiger partial charge on any atom is 0.0746 e. The minimum absolute atomic E-state index is 0.536. The molecule has 1 saturated carbocycles. The summed E-state index contributed by atoms with van der Waals surface area (Å²) in [5, 5.41) is 13.7. The van der Waals surface area contributed by atoms with Crippen LogP contribution >= 0.6 is 0 Å². The number of nitrogens with one attached hydrogen (secondary N) is 1. The highest BCUT2D eigenvalue weighted by atomic mass is 16.3. The first-order valence-electron chi connectivity index (χ1n) is 6.45. The lowest BCUT2D eigenvalue weighted by molar-refractivity contribution is 0.0346. The van der Waals surface area contributed by atoms with E-state index in [0.29, 0.717) is 12.0 Å². The number of hydrogen-bond acceptors (Lipinski definition) is 2. The zero-order valence-corrected chi connectivity index (χ0v) is 10.6. The van der Waals surface area contributed by atoms with Gasteiger partial charge in [-0.2, -0.15) is 0 Å². The zero-order chi connectivity index (χ0) is 11.3. The Morgan fingerprint density at radius 3 is 2.40 bits per heavy atom. The molecule has 0 amide bonds. The third-order valence-electron chi connectivity index (χ3n) is 3.22. The van der Waals surface area contributed by atoms with Gasteiger partial charge < -0.3 is 10.4 Å². The molecule has 90 valence electrons. The van der Waals surface area contributed by atoms with Crippen molar-refractivity contribution in [2.45, 2.75) is 70.9 Å². The standard InChI is InChI=1S/C13H27NO/c1-11(2)9-13(3,15)10-14-12-7-5-4-6-8-12/h11-12,14-15H,4-10H2,1-3H3. The molecule has 1 rings (SSSR count). The van der Waals surface area contributed by atoms with Crippen LogP contribution in [0.3, 0.4) is 0 Å². The summed E-state index contributed by atoms with van der Waals surface area (Å²) < 4.78 is 0. The van der Waals surface area contributed by atoms with E-state index in [1.165, 1.54) is 32.1 Å². The van der Waals surface area contributed by atoms with Crippen LogP contribution in [-0.4, -0.2) is 23.3 Å². The highest BCUT2D eigenvalue weighted by Crippen LogP contribution is 2.19. The van der Waals surface area contributed by atoms with E-state index < -0.39 is 5.60 Å². The van der Waals surface area contributed by atoms with Crippen molar-refractivity contribution < 1.29 is 5.11 Å². The molecule has 0 aliphatic heterocycles. The molecule has 2 heteroatoms. The van der Waals surface area contributed by atoms with Crippen LogP contribution in [0.25, 0.3) is 0 Å². The number of hydrogen-bond donors (Lipinski definition) is 2. The molecule has 1 aliphatic carbocycles. The molecule has 0 radical (unpaired) electrons. The largest absolute Gasteiger partial charge is 0.389 e. The molecule has 15 heavy (non-hydrogen) atoms. The van der Waals surface area contributed by atoms with Crippen LogP contribution < -0.4 is 5.32 Å². The SMILES string of the molecule is CC(C)CC(C)(O)CNC1CCCCC1. The Kier molecular flexibility index (Phi) is 5.07. The fraction of sp³-hybridized carbons (Fsp3) is 1.00. The second-order valence-corrected chi connectivity index (χ2v) is 5.81. The van der Waals surface area contributed by atoms with E-state index in [-0.39, 0.29) is 0 Å². The Morgan fingerprint density at radius 2 is 1.87 bits per heavy atom. The Labute approximate surface area is 94.5 Å². The van der Waals surface area contributed by atoms with Crippen molar-refractivity contribution in [1.82, 2.24) is 5.32 Å². The van der Waals surface area contributed by atoms with Gasteiger partial charge >= 0.3 is 0 Å². The summed E-state index contributed by atoms with van der Waals surface area (Å²) in [6, 6.07) is 0.650. The van der Waals surface area contributed by atoms with E-state index in [4.69, 9.17) is 0 Å². The molecule has 2 N–H and O–H groups in total. The Balaban J connectivity index is 2.21. The highest BCUT2D eigenvalue weighted by molar-refractivity contribution is 4.80. The topological polar surface area (TPSA) is 32.3 Å². The monoisotopic (exact) mass is 213 g/mol. The van der Waals surface area contributed by atoms with Gasteiger partial charge in [-0.3, -0.25) is 0 Å². The molecule has 1 atom stereocenters. The third-order valence-corrected chi connectivity index (χ3v) is 3.22. The van der Waals surface area contributed by atoms with Crippen molar-refractivity contribution in [2.24, 2.45) is 5.92 Å². The van der Waals surface area contributed by atoms with Crippen molar-refractivity contribution in [1.29, 1.82) is 0 Å². The molecule has 0 heterocycles. The van der Waals surface area contributed by atoms with Gasteiger partial charge in [-0.1, -0.05) is 33.1 Å². The van der Waals surface area contributed by atoms with Gasteiger partial charge in [-0.25, -0.2) is 0 Å². The lowest BCUT2D eigenvalue weighted by Gasteiger charge is -2.30. The smallest absolute Gasteiger partial charge is 0.0746 e. The molecular formula is C13H27NO. The lowest BCUT2D eigenvalue weighted by Crippen LogP contribution is -2.43. The first kappa shape index (κ1) is 13.0. The predicted octanol–water partition coefficient (Wildman–Crippen LogP) is 2.71. The molecule has 0 bridgehead atoms. The second-order valence-electron chi connectivity index (χ2n) is 5.81. The minimum Gasteiger partial charge on any atom is -0.389 e. The van der Waals surface area contributed by atoms with Crippen LogP contribution in [0.15, 0.2) is 0 Å². The average molecular weight is 213 g/mol. The van der Waals surface area contributed by atoms with Gasteiger partial charge in [0.1, 0.15) is 0 Å². The highest BCUT2D eigenvalue weighted by Gasteiger charge is 2.23. The van der Waals surface area contributed by atoms with Crippen LogP contribution in [0.4, 0.5) is 0 Å². The Hall–Kier alpha value is -0.0800. The van der Waals surface area contributed by atoms with Crippen molar-refractivity contribution >= 4 is 0 Å². The molecule has 0 saturated heterocycles. The summed E-state index contributed by atoms with van der Waals surface area (Å²) in [5.41, 5.74) is -0.536. The summed E-state index contributed by atoms with van der Waals surface area (Å²) in [7, 11) is 0. The van der Waals surface area contributed by atoms with Crippen molar-refractivity contribution in [3.8, 4) is 0 Å². The van der Waals surface area contributed by atoms with Crippen LogP contribution in [0.5, 0.6) is 0 Å². The van der Waals surface area contributed by atoms with Crippen LogP contribution in [0.1, 0.15) is 59.3 Å². The van der Waals surface area contributed by atoms with Gasteiger partial charge in [0.05, 0.1) is 5.60 Å². The zero-order valence-electron chi connectivity index (χ0n) is 10.6. The Morgan fingerprint density at radius 1 is 1.27 bits per heavy atom. The van der Waals surface area contributed by atoms with Crippen LogP contribution in [0.2, 0.25) is 0 Å². The minimum atomic E-state index is -0.536. The van der Waals surface area contributed by atoms with E-state index >= 15 is 0 Å². The number of rotatable bonds is 5. The normalized spacial score (nSPS) is 23.0. The molecule has 2 nitrogen and oxygen atoms in total. The van der Waals surface area contributed by atoms with Gasteiger partial charge in [-0.05, 0) is 32.1 Å². The fourth-order valence-electron chi connectivity index (χ4n) is 2.62. The number of aliphatic hydroxyl groups is 1. The molecule has 1 fully saturated rings. The average Bonchev–Trinajstić information content (AvgIpc) is 2.15. The van der Waals surface area contributed by atoms with E-state index in [1.54, 1.807) is 0 Å². The first-order chi connectivity index (χ1) is 6.99. The van der Waals surface area contributed by atoms with E-state index in [0.717, 1.165) is 13.0 Å². The predicted molar refractivity (Wildman–Crippen MR) is 65.0 cm³/mol. The second kappa shape index (κ2) is 5.86. The maximum absolute atomic E-state index is 10.2. The van der Waals surface area contributed by atoms with Crippen LogP contribution in [0, 0.1) is 5.92 Å². The summed E-state index contributed by atoms with van der Waals surface area (Å²) >= 11 is 0. The molecule has 1 unspecified atom stereocenters. The van der Waals surface area contributed by atoms with Gasteiger partial charge in [0.25, 0.3) is 0 Å². The molecule has 0 aromatic rings. The molecule has 0 aromatic heterocycles. The Bertz CT molecular complexity index is 171. The molecule has 0 spiro atoms. The summed E-state index contributed by atoms with van der Waals surface area (Å²) in [6.07, 6.45) is 7.55. The quantitative estimate of drug-likeness (QED) is 0.736. The first-order valence-corrected chi connectivity index (χ1v) is 6.45. The van der Waals surface area contributed by atoms with Crippen molar-refractivity contribution in [3.05, 3.63) is 0 Å². The molecule has 0 aromatic carbocycles. The van der Waals surface area contributed by atoms with Gasteiger partial charge in [-0.15, -0.1) is 0 Å². The lowest BCUT2D eigenvalue weighted by atomic mass is 9.92. The van der Waals surface area contributed by atoms with Crippen molar-refractivity contribution in [3.63, 3.8) is 0 Å². The summed E-state index contributed by atoms with van der Waals surface area (Å²) in [4.78, 5) is 0.